The van der Waals surface area contributed by atoms with Crippen molar-refractivity contribution in [2.24, 2.45) is 5.92 Å². The number of carbonyl (C=O) groups excluding carboxylic acids is 4. The molecule has 0 aliphatic rings. The highest BCUT2D eigenvalue weighted by Crippen LogP contribution is 2.20. The number of rotatable bonds is 18. The summed E-state index contributed by atoms with van der Waals surface area (Å²) in [5.74, 6) is -6.20. The van der Waals surface area contributed by atoms with Gasteiger partial charge in [0.2, 0.25) is 17.7 Å². The third-order valence-electron chi connectivity index (χ3n) is 7.79. The second-order valence-electron chi connectivity index (χ2n) is 12.4. The van der Waals surface area contributed by atoms with E-state index in [9.17, 15) is 47.4 Å². The van der Waals surface area contributed by atoms with Crippen LogP contribution < -0.4 is 21.3 Å². The standard InChI is InChI=1S/C36H41ClN4O11S/c1-21(2)32(35(48)38-25(18-30(42)43)17-29(37)53(3,50)51)41-34(47)27(16-24-14-9-13-23-12-7-8-15-26(23)24)39-33(46)28(19-31(44)45)40-36(49)52-20-22-10-5-4-6-11-22/h4-15,17,21,25,27-28,32H,16,18-20H2,1-3H3,(H,38,48)(H,39,46)(H,40,49)(H,41,47)(H,42,43)(H,44,45)/b29-17+/t25-,27+,28+,32+/m1/s1. The highest BCUT2D eigenvalue weighted by atomic mass is 35.5. The molecule has 0 radical (unpaired) electrons. The molecule has 0 unspecified atom stereocenters. The van der Waals surface area contributed by atoms with Gasteiger partial charge in [-0.15, -0.1) is 0 Å². The first-order chi connectivity index (χ1) is 24.9. The number of benzene rings is 3. The molecule has 0 aromatic heterocycles. The van der Waals surface area contributed by atoms with Crippen LogP contribution in [0.25, 0.3) is 10.8 Å². The van der Waals surface area contributed by atoms with Gasteiger partial charge in [0.15, 0.2) is 9.84 Å². The maximum atomic E-state index is 14.0. The zero-order valence-corrected chi connectivity index (χ0v) is 30.6. The third-order valence-corrected chi connectivity index (χ3v) is 9.60. The van der Waals surface area contributed by atoms with Crippen molar-refractivity contribution in [2.45, 2.75) is 63.9 Å². The van der Waals surface area contributed by atoms with Gasteiger partial charge in [-0.3, -0.25) is 24.0 Å². The number of ether oxygens (including phenoxy) is 1. The zero-order valence-electron chi connectivity index (χ0n) is 29.1. The molecular weight excluding hydrogens is 732 g/mol. The lowest BCUT2D eigenvalue weighted by atomic mass is 9.97. The summed E-state index contributed by atoms with van der Waals surface area (Å²) in [6, 6.07) is 15.4. The van der Waals surface area contributed by atoms with Crippen LogP contribution in [0.1, 0.15) is 37.8 Å². The van der Waals surface area contributed by atoms with Crippen molar-refractivity contribution >= 4 is 68.0 Å². The molecule has 17 heteroatoms. The quantitative estimate of drug-likeness (QED) is 0.110. The van der Waals surface area contributed by atoms with Crippen LogP contribution in [0.2, 0.25) is 0 Å². The molecule has 15 nitrogen and oxygen atoms in total. The number of fused-ring (bicyclic) bond motifs is 1. The molecule has 3 aromatic rings. The Morgan fingerprint density at radius 3 is 1.98 bits per heavy atom. The normalized spacial score (nSPS) is 13.9. The average Bonchev–Trinajstić information content (AvgIpc) is 3.08. The lowest BCUT2D eigenvalue weighted by Gasteiger charge is -2.28. The van der Waals surface area contributed by atoms with E-state index in [1.54, 1.807) is 68.4 Å². The van der Waals surface area contributed by atoms with E-state index in [0.717, 1.165) is 23.1 Å². The topological polar surface area (TPSA) is 234 Å². The molecule has 284 valence electrons. The van der Waals surface area contributed by atoms with Gasteiger partial charge in [0.05, 0.1) is 18.9 Å². The van der Waals surface area contributed by atoms with Crippen molar-refractivity contribution in [1.82, 2.24) is 21.3 Å². The van der Waals surface area contributed by atoms with Crippen LogP contribution in [0.5, 0.6) is 0 Å². The van der Waals surface area contributed by atoms with Gasteiger partial charge in [0, 0.05) is 12.7 Å². The van der Waals surface area contributed by atoms with Gasteiger partial charge >= 0.3 is 18.0 Å². The van der Waals surface area contributed by atoms with Crippen molar-refractivity contribution < 1.29 is 52.1 Å². The van der Waals surface area contributed by atoms with E-state index >= 15 is 0 Å². The summed E-state index contributed by atoms with van der Waals surface area (Å²) in [5, 5.41) is 30.2. The summed E-state index contributed by atoms with van der Waals surface area (Å²) in [5.41, 5.74) is 1.25. The van der Waals surface area contributed by atoms with E-state index < -0.39 is 92.9 Å². The summed E-state index contributed by atoms with van der Waals surface area (Å²) in [6.45, 7) is 3.01. The molecule has 0 heterocycles. The molecular formula is C36H41ClN4O11S. The second kappa shape index (κ2) is 19.4. The molecule has 0 saturated heterocycles. The Hall–Kier alpha value is -5.48. The average molecular weight is 773 g/mol. The molecule has 4 amide bonds. The first-order valence-corrected chi connectivity index (χ1v) is 18.6. The number of sulfone groups is 1. The molecule has 0 aliphatic carbocycles. The van der Waals surface area contributed by atoms with Gasteiger partial charge in [0.25, 0.3) is 0 Å². The molecule has 0 saturated carbocycles. The SMILES string of the molecule is CC(C)[C@H](NC(=O)[C@H](Cc1cccc2ccccc12)NC(=O)[C@H](CC(=O)O)NC(=O)OCc1ccccc1)C(=O)N[C@H](/C=C(\Cl)S(C)(=O)=O)CC(=O)O. The lowest BCUT2D eigenvalue weighted by Crippen LogP contribution is -2.59. The largest absolute Gasteiger partial charge is 0.481 e. The molecule has 0 spiro atoms. The summed E-state index contributed by atoms with van der Waals surface area (Å²) < 4.78 is 28.2. The summed E-state index contributed by atoms with van der Waals surface area (Å²) in [7, 11) is -3.93. The summed E-state index contributed by atoms with van der Waals surface area (Å²) in [6.07, 6.45) is -1.15. The Morgan fingerprint density at radius 2 is 1.36 bits per heavy atom. The molecule has 0 bridgehead atoms. The van der Waals surface area contributed by atoms with Crippen LogP contribution in [0.15, 0.2) is 83.2 Å². The minimum atomic E-state index is -3.93. The Balaban J connectivity index is 1.91. The molecule has 6 N–H and O–H groups in total. The molecule has 4 atom stereocenters. The maximum Gasteiger partial charge on any atom is 0.408 e. The molecule has 3 rings (SSSR count). The maximum absolute atomic E-state index is 14.0. The second-order valence-corrected chi connectivity index (χ2v) is 15.1. The predicted molar refractivity (Wildman–Crippen MR) is 195 cm³/mol. The van der Waals surface area contributed by atoms with E-state index in [4.69, 9.17) is 16.3 Å². The van der Waals surface area contributed by atoms with Crippen molar-refractivity contribution in [3.8, 4) is 0 Å². The lowest BCUT2D eigenvalue weighted by molar-refractivity contribution is -0.140. The number of alkyl carbamates (subject to hydrolysis) is 1. The number of carboxylic acids is 2. The van der Waals surface area contributed by atoms with Crippen molar-refractivity contribution in [3.63, 3.8) is 0 Å². The predicted octanol–water partition coefficient (Wildman–Crippen LogP) is 2.86. The molecule has 0 aliphatic heterocycles. The highest BCUT2D eigenvalue weighted by molar-refractivity contribution is 7.96. The van der Waals surface area contributed by atoms with Crippen LogP contribution in [-0.2, 0) is 51.6 Å². The zero-order chi connectivity index (χ0) is 39.3. The molecule has 3 aromatic carbocycles. The van der Waals surface area contributed by atoms with Gasteiger partial charge in [-0.05, 0) is 33.9 Å². The van der Waals surface area contributed by atoms with Crippen molar-refractivity contribution in [2.75, 3.05) is 6.26 Å². The Bertz CT molecular complexity index is 1950. The fourth-order valence-electron chi connectivity index (χ4n) is 5.15. The number of hydrogen-bond donors (Lipinski definition) is 6. The first kappa shape index (κ1) is 41.9. The number of halogens is 1. The van der Waals surface area contributed by atoms with Gasteiger partial charge < -0.3 is 36.2 Å². The van der Waals surface area contributed by atoms with E-state index in [2.05, 4.69) is 21.3 Å². The summed E-state index contributed by atoms with van der Waals surface area (Å²) in [4.78, 5) is 76.9. The highest BCUT2D eigenvalue weighted by Gasteiger charge is 2.33. The third kappa shape index (κ3) is 13.5. The Kier molecular flexibility index (Phi) is 15.3. The van der Waals surface area contributed by atoms with E-state index in [1.165, 1.54) is 0 Å². The number of carbonyl (C=O) groups is 6. The Labute approximate surface area is 311 Å². The van der Waals surface area contributed by atoms with Crippen LogP contribution in [0.3, 0.4) is 0 Å². The fraction of sp³-hybridized carbons (Fsp3) is 0.333. The molecule has 0 fully saturated rings. The number of hydrogen-bond acceptors (Lipinski definition) is 9. The first-order valence-electron chi connectivity index (χ1n) is 16.3. The smallest absolute Gasteiger partial charge is 0.408 e. The minimum absolute atomic E-state index is 0.141. The Morgan fingerprint density at radius 1 is 0.755 bits per heavy atom. The van der Waals surface area contributed by atoms with Crippen LogP contribution in [-0.4, -0.2) is 84.8 Å². The monoisotopic (exact) mass is 772 g/mol. The van der Waals surface area contributed by atoms with Crippen molar-refractivity contribution in [1.29, 1.82) is 0 Å². The van der Waals surface area contributed by atoms with Crippen LogP contribution >= 0.6 is 11.6 Å². The summed E-state index contributed by atoms with van der Waals surface area (Å²) >= 11 is 5.84. The van der Waals surface area contributed by atoms with Crippen LogP contribution in [0, 0.1) is 5.92 Å². The van der Waals surface area contributed by atoms with Crippen molar-refractivity contribution in [3.05, 3.63) is 94.4 Å². The minimum Gasteiger partial charge on any atom is -0.481 e. The fourth-order valence-corrected chi connectivity index (χ4v) is 5.71. The van der Waals surface area contributed by atoms with E-state index in [1.807, 2.05) is 18.2 Å². The number of amides is 4. The van der Waals surface area contributed by atoms with Gasteiger partial charge in [0.1, 0.15) is 29.1 Å². The number of nitrogens with one attached hydrogen (secondary N) is 4. The van der Waals surface area contributed by atoms with E-state index in [-0.39, 0.29) is 13.0 Å². The van der Waals surface area contributed by atoms with Gasteiger partial charge in [-0.25, -0.2) is 13.2 Å². The number of carboxylic acid groups (broad SMARTS) is 2. The van der Waals surface area contributed by atoms with Crippen LogP contribution in [0.4, 0.5) is 4.79 Å². The van der Waals surface area contributed by atoms with Gasteiger partial charge in [-0.2, -0.15) is 0 Å². The van der Waals surface area contributed by atoms with Gasteiger partial charge in [-0.1, -0.05) is 98.2 Å². The number of aliphatic carboxylic acids is 2. The van der Waals surface area contributed by atoms with E-state index in [0.29, 0.717) is 11.1 Å². The molecule has 53 heavy (non-hydrogen) atoms.